The van der Waals surface area contributed by atoms with Crippen molar-refractivity contribution in [2.24, 2.45) is 0 Å². The first-order valence-corrected chi connectivity index (χ1v) is 9.20. The van der Waals surface area contributed by atoms with Crippen LogP contribution in [-0.4, -0.2) is 0 Å². The Morgan fingerprint density at radius 1 is 1.00 bits per heavy atom. The summed E-state index contributed by atoms with van der Waals surface area (Å²) in [6.07, 6.45) is 0. The molecule has 0 fully saturated rings. The highest BCUT2D eigenvalue weighted by Crippen LogP contribution is 2.34. The molecule has 1 heterocycles. The molecule has 2 rings (SSSR count). The summed E-state index contributed by atoms with van der Waals surface area (Å²) in [6, 6.07) is 9.26. The van der Waals surface area contributed by atoms with E-state index in [2.05, 4.69) is 85.5 Å². The van der Waals surface area contributed by atoms with Gasteiger partial charge in [0.1, 0.15) is 0 Å². The van der Waals surface area contributed by atoms with Gasteiger partial charge in [0.05, 0.1) is 6.04 Å². The van der Waals surface area contributed by atoms with Crippen LogP contribution in [0.1, 0.15) is 68.5 Å². The minimum Gasteiger partial charge on any atom is -0.377 e. The molecular weight excluding hydrogens is 342 g/mol. The molecule has 2 aromatic rings. The Hall–Kier alpha value is -0.800. The van der Waals surface area contributed by atoms with Crippen LogP contribution < -0.4 is 5.32 Å². The highest BCUT2D eigenvalue weighted by molar-refractivity contribution is 9.10. The van der Waals surface area contributed by atoms with Crippen LogP contribution in [0.5, 0.6) is 0 Å². The van der Waals surface area contributed by atoms with Gasteiger partial charge < -0.3 is 5.32 Å². The van der Waals surface area contributed by atoms with Crippen LogP contribution in [0.3, 0.4) is 0 Å². The number of nitrogens with one attached hydrogen (secondary N) is 1. The lowest BCUT2D eigenvalue weighted by Gasteiger charge is -2.21. The maximum absolute atomic E-state index is 3.68. The summed E-state index contributed by atoms with van der Waals surface area (Å²) < 4.78 is 1.19. The molecule has 21 heavy (non-hydrogen) atoms. The van der Waals surface area contributed by atoms with Crippen LogP contribution in [0, 0.1) is 0 Å². The molecule has 1 aromatic carbocycles. The number of hydrogen-bond acceptors (Lipinski definition) is 2. The SMILES string of the molecule is CC(C)c1ccc(NC(C)c2sccc2Br)c(C(C)C)c1. The Bertz CT molecular complexity index is 601. The number of benzene rings is 1. The Morgan fingerprint density at radius 3 is 2.24 bits per heavy atom. The number of thiophene rings is 1. The third-order valence-corrected chi connectivity index (χ3v) is 5.83. The van der Waals surface area contributed by atoms with Crippen molar-refractivity contribution in [1.29, 1.82) is 0 Å². The first kappa shape index (κ1) is 16.6. The van der Waals surface area contributed by atoms with Gasteiger partial charge in [0.15, 0.2) is 0 Å². The predicted octanol–water partition coefficient (Wildman–Crippen LogP) is 6.93. The van der Waals surface area contributed by atoms with E-state index >= 15 is 0 Å². The molecule has 1 nitrogen and oxygen atoms in total. The molecule has 0 saturated carbocycles. The summed E-state index contributed by atoms with van der Waals surface area (Å²) in [5.74, 6) is 1.09. The zero-order valence-electron chi connectivity index (χ0n) is 13.4. The average Bonchev–Trinajstić information content (AvgIpc) is 2.85. The van der Waals surface area contributed by atoms with Crippen LogP contribution in [0.15, 0.2) is 34.1 Å². The number of hydrogen-bond donors (Lipinski definition) is 1. The lowest BCUT2D eigenvalue weighted by Crippen LogP contribution is -2.09. The first-order valence-electron chi connectivity index (χ1n) is 7.53. The van der Waals surface area contributed by atoms with Crippen molar-refractivity contribution in [1.82, 2.24) is 0 Å². The molecule has 0 saturated heterocycles. The molecule has 1 aromatic heterocycles. The van der Waals surface area contributed by atoms with E-state index in [1.807, 2.05) is 0 Å². The maximum Gasteiger partial charge on any atom is 0.0589 e. The highest BCUT2D eigenvalue weighted by Gasteiger charge is 2.15. The molecule has 0 bridgehead atoms. The molecule has 0 amide bonds. The second kappa shape index (κ2) is 6.97. The second-order valence-corrected chi connectivity index (χ2v) is 7.96. The van der Waals surface area contributed by atoms with Crippen LogP contribution in [-0.2, 0) is 0 Å². The number of anilines is 1. The molecule has 0 spiro atoms. The molecule has 0 aliphatic rings. The summed E-state index contributed by atoms with van der Waals surface area (Å²) in [4.78, 5) is 1.35. The molecule has 3 heteroatoms. The summed E-state index contributed by atoms with van der Waals surface area (Å²) in [5, 5.41) is 5.81. The van der Waals surface area contributed by atoms with E-state index in [0.717, 1.165) is 0 Å². The topological polar surface area (TPSA) is 12.0 Å². The summed E-state index contributed by atoms with van der Waals surface area (Å²) >= 11 is 5.42. The lowest BCUT2D eigenvalue weighted by molar-refractivity contribution is 0.824. The van der Waals surface area contributed by atoms with E-state index in [9.17, 15) is 0 Å². The molecule has 114 valence electrons. The van der Waals surface area contributed by atoms with Crippen molar-refractivity contribution in [2.45, 2.75) is 52.5 Å². The van der Waals surface area contributed by atoms with Crippen LogP contribution in [0.2, 0.25) is 0 Å². The Labute approximate surface area is 140 Å². The highest BCUT2D eigenvalue weighted by atomic mass is 79.9. The molecule has 1 N–H and O–H groups in total. The second-order valence-electron chi connectivity index (χ2n) is 6.15. The maximum atomic E-state index is 3.68. The van der Waals surface area contributed by atoms with E-state index in [1.165, 1.54) is 26.2 Å². The van der Waals surface area contributed by atoms with Crippen molar-refractivity contribution >= 4 is 33.0 Å². The minimum absolute atomic E-state index is 0.307. The van der Waals surface area contributed by atoms with Gasteiger partial charge >= 0.3 is 0 Å². The van der Waals surface area contributed by atoms with Crippen molar-refractivity contribution in [2.75, 3.05) is 5.32 Å². The normalized spacial score (nSPS) is 13.0. The van der Waals surface area contributed by atoms with Gasteiger partial charge in [0.25, 0.3) is 0 Å². The van der Waals surface area contributed by atoms with Gasteiger partial charge in [0, 0.05) is 15.0 Å². The van der Waals surface area contributed by atoms with Crippen LogP contribution in [0.4, 0.5) is 5.69 Å². The van der Waals surface area contributed by atoms with E-state index in [1.54, 1.807) is 11.3 Å². The van der Waals surface area contributed by atoms with Crippen molar-refractivity contribution in [3.63, 3.8) is 0 Å². The first-order chi connectivity index (χ1) is 9.90. The zero-order valence-corrected chi connectivity index (χ0v) is 15.8. The van der Waals surface area contributed by atoms with E-state index in [4.69, 9.17) is 0 Å². The lowest BCUT2D eigenvalue weighted by atomic mass is 9.94. The number of halogens is 1. The molecule has 0 aliphatic heterocycles. The monoisotopic (exact) mass is 365 g/mol. The van der Waals surface area contributed by atoms with Crippen LogP contribution >= 0.6 is 27.3 Å². The quantitative estimate of drug-likeness (QED) is 0.605. The fourth-order valence-electron chi connectivity index (χ4n) is 2.46. The van der Waals surface area contributed by atoms with Gasteiger partial charge in [-0.2, -0.15) is 0 Å². The fourth-order valence-corrected chi connectivity index (χ4v) is 4.19. The Balaban J connectivity index is 2.29. The van der Waals surface area contributed by atoms with Crippen molar-refractivity contribution < 1.29 is 0 Å². The molecule has 1 unspecified atom stereocenters. The van der Waals surface area contributed by atoms with Crippen molar-refractivity contribution in [3.05, 3.63) is 50.1 Å². The van der Waals surface area contributed by atoms with E-state index < -0.39 is 0 Å². The third-order valence-electron chi connectivity index (χ3n) is 3.77. The van der Waals surface area contributed by atoms with Gasteiger partial charge in [-0.05, 0) is 63.3 Å². The zero-order chi connectivity index (χ0) is 15.6. The molecule has 0 radical (unpaired) electrons. The van der Waals surface area contributed by atoms with E-state index in [0.29, 0.717) is 17.9 Å². The number of rotatable bonds is 5. The van der Waals surface area contributed by atoms with Gasteiger partial charge in [-0.25, -0.2) is 0 Å². The summed E-state index contributed by atoms with van der Waals surface area (Å²) in [5.41, 5.74) is 4.07. The average molecular weight is 366 g/mol. The van der Waals surface area contributed by atoms with Gasteiger partial charge in [0.2, 0.25) is 0 Å². The standard InChI is InChI=1S/C18H24BrNS/c1-11(2)14-6-7-17(15(10-14)12(3)4)20-13(5)18-16(19)8-9-21-18/h6-13,20H,1-5H3. The Kier molecular flexibility index (Phi) is 5.50. The van der Waals surface area contributed by atoms with Gasteiger partial charge in [-0.1, -0.05) is 39.8 Å². The molecule has 0 aliphatic carbocycles. The summed E-state index contributed by atoms with van der Waals surface area (Å²) in [6.45, 7) is 11.2. The smallest absolute Gasteiger partial charge is 0.0589 e. The van der Waals surface area contributed by atoms with Crippen LogP contribution in [0.25, 0.3) is 0 Å². The fraction of sp³-hybridized carbons (Fsp3) is 0.444. The largest absolute Gasteiger partial charge is 0.377 e. The van der Waals surface area contributed by atoms with Crippen molar-refractivity contribution in [3.8, 4) is 0 Å². The van der Waals surface area contributed by atoms with Gasteiger partial charge in [-0.3, -0.25) is 0 Å². The Morgan fingerprint density at radius 2 is 1.71 bits per heavy atom. The molecular formula is C18H24BrNS. The van der Waals surface area contributed by atoms with E-state index in [-0.39, 0.29) is 0 Å². The minimum atomic E-state index is 0.307. The predicted molar refractivity (Wildman–Crippen MR) is 98.7 cm³/mol. The van der Waals surface area contributed by atoms with Gasteiger partial charge in [-0.15, -0.1) is 11.3 Å². The third kappa shape index (κ3) is 3.89. The summed E-state index contributed by atoms with van der Waals surface area (Å²) in [7, 11) is 0. The molecule has 1 atom stereocenters.